The average Bonchev–Trinajstić information content (AvgIpc) is 3.52. The molecule has 1 saturated heterocycles. The topological polar surface area (TPSA) is 123 Å². The van der Waals surface area contributed by atoms with Crippen molar-refractivity contribution in [2.45, 2.75) is 81.8 Å². The van der Waals surface area contributed by atoms with E-state index >= 15 is 0 Å². The number of carbonyl (C=O) groups is 2. The fraction of sp³-hybridized carbons (Fsp3) is 0.378. The fourth-order valence-corrected chi connectivity index (χ4v) is 6.53. The summed E-state index contributed by atoms with van der Waals surface area (Å²) in [6, 6.07) is 24.3. The van der Waals surface area contributed by atoms with Gasteiger partial charge in [0.15, 0.2) is 11.4 Å². The molecule has 0 saturated carbocycles. The molecule has 3 atom stereocenters. The molecule has 10 heteroatoms. The molecule has 4 aromatic rings. The summed E-state index contributed by atoms with van der Waals surface area (Å²) in [7, 11) is 1.99. The molecule has 0 radical (unpaired) electrons. The molecule has 3 N–H and O–H groups in total. The van der Waals surface area contributed by atoms with Gasteiger partial charge in [0.25, 0.3) is 0 Å². The molecule has 1 amide bonds. The quantitative estimate of drug-likeness (QED) is 0.0874. The standard InChI is InChI=1S/C37H43N3O6S/c1-40-20-19-38-37(40)47-25-32-22-33(29-13-11-26(24-41)12-14-29)46-36(45-32)30-17-15-28(16-18-30)31-8-6-7-27(21-31)23-39-34(42)9-4-2-3-5-10-35(43)44/h6-8,11-21,32-33,36,41H,2-5,9-10,22-25H2,1H3,(H,39,42)(H,43,44)/t32-,33+,36+/m0/s1. The molecule has 3 aromatic carbocycles. The number of carboxylic acid groups (broad SMARTS) is 1. The van der Waals surface area contributed by atoms with E-state index in [1.165, 1.54) is 0 Å². The van der Waals surface area contributed by atoms with Crippen LogP contribution in [0.2, 0.25) is 0 Å². The second-order valence-electron chi connectivity index (χ2n) is 11.9. The van der Waals surface area contributed by atoms with Crippen molar-refractivity contribution in [1.29, 1.82) is 0 Å². The smallest absolute Gasteiger partial charge is 0.303 e. The number of rotatable bonds is 16. The fourth-order valence-electron chi connectivity index (χ4n) is 5.58. The summed E-state index contributed by atoms with van der Waals surface area (Å²) in [6.45, 7) is 0.453. The van der Waals surface area contributed by atoms with E-state index in [-0.39, 0.29) is 31.1 Å². The van der Waals surface area contributed by atoms with Gasteiger partial charge in [-0.3, -0.25) is 9.59 Å². The second kappa shape index (κ2) is 17.3. The first kappa shape index (κ1) is 34.4. The molecule has 1 aromatic heterocycles. The number of unbranched alkanes of at least 4 members (excludes halogenated alkanes) is 3. The first-order chi connectivity index (χ1) is 22.9. The van der Waals surface area contributed by atoms with Crippen LogP contribution < -0.4 is 5.32 Å². The number of nitrogens with one attached hydrogen (secondary N) is 1. The summed E-state index contributed by atoms with van der Waals surface area (Å²) in [5.41, 5.74) is 5.98. The number of ether oxygens (including phenoxy) is 2. The van der Waals surface area contributed by atoms with Crippen molar-refractivity contribution in [3.8, 4) is 11.1 Å². The summed E-state index contributed by atoms with van der Waals surface area (Å²) in [5.74, 6) is -0.0288. The summed E-state index contributed by atoms with van der Waals surface area (Å²) in [6.07, 6.45) is 7.41. The van der Waals surface area contributed by atoms with Gasteiger partial charge in [0.1, 0.15) is 0 Å². The van der Waals surface area contributed by atoms with Crippen LogP contribution in [0, 0.1) is 0 Å². The molecule has 2 heterocycles. The van der Waals surface area contributed by atoms with Crippen molar-refractivity contribution >= 4 is 23.6 Å². The highest BCUT2D eigenvalue weighted by atomic mass is 32.2. The third-order valence-corrected chi connectivity index (χ3v) is 9.46. The maximum absolute atomic E-state index is 12.3. The van der Waals surface area contributed by atoms with E-state index in [0.29, 0.717) is 25.8 Å². The maximum Gasteiger partial charge on any atom is 0.303 e. The summed E-state index contributed by atoms with van der Waals surface area (Å²) in [4.78, 5) is 27.4. The van der Waals surface area contributed by atoms with Crippen LogP contribution in [0.3, 0.4) is 0 Å². The van der Waals surface area contributed by atoms with E-state index in [4.69, 9.17) is 14.6 Å². The molecule has 0 spiro atoms. The van der Waals surface area contributed by atoms with Crippen LogP contribution in [0.5, 0.6) is 0 Å². The first-order valence-electron chi connectivity index (χ1n) is 16.2. The molecule has 1 aliphatic heterocycles. The van der Waals surface area contributed by atoms with E-state index in [1.54, 1.807) is 18.0 Å². The minimum absolute atomic E-state index is 0.00316. The highest BCUT2D eigenvalue weighted by molar-refractivity contribution is 7.99. The van der Waals surface area contributed by atoms with Crippen LogP contribution in [0.4, 0.5) is 0 Å². The third-order valence-electron chi connectivity index (χ3n) is 8.27. The minimum Gasteiger partial charge on any atom is -0.481 e. The number of benzene rings is 3. The molecule has 0 unspecified atom stereocenters. The number of aliphatic carboxylic acids is 1. The zero-order chi connectivity index (χ0) is 33.0. The van der Waals surface area contributed by atoms with Crippen molar-refractivity contribution in [3.63, 3.8) is 0 Å². The highest BCUT2D eigenvalue weighted by Crippen LogP contribution is 2.39. The Morgan fingerprint density at radius 2 is 1.66 bits per heavy atom. The van der Waals surface area contributed by atoms with Crippen LogP contribution in [-0.4, -0.2) is 43.5 Å². The van der Waals surface area contributed by atoms with Crippen LogP contribution >= 0.6 is 11.8 Å². The largest absolute Gasteiger partial charge is 0.481 e. The van der Waals surface area contributed by atoms with Crippen molar-refractivity contribution in [3.05, 3.63) is 107 Å². The number of thioether (sulfide) groups is 1. The van der Waals surface area contributed by atoms with E-state index in [9.17, 15) is 14.7 Å². The van der Waals surface area contributed by atoms with Gasteiger partial charge in [0, 0.05) is 56.6 Å². The lowest BCUT2D eigenvalue weighted by Crippen LogP contribution is -2.31. The number of imidazole rings is 1. The van der Waals surface area contributed by atoms with Gasteiger partial charge in [0.05, 0.1) is 18.8 Å². The lowest BCUT2D eigenvalue weighted by atomic mass is 9.99. The molecular formula is C37H43N3O6S. The van der Waals surface area contributed by atoms with Gasteiger partial charge in [-0.1, -0.05) is 91.3 Å². The number of aliphatic hydroxyl groups is 1. The SMILES string of the molecule is Cn1ccnc1SC[C@@H]1C[C@H](c2ccc(CO)cc2)O[C@H](c2ccc(-c3cccc(CNC(=O)CCCCCCC(=O)O)c3)cc2)O1. The molecular weight excluding hydrogens is 614 g/mol. The Morgan fingerprint density at radius 3 is 2.36 bits per heavy atom. The van der Waals surface area contributed by atoms with Gasteiger partial charge in [-0.15, -0.1) is 0 Å². The summed E-state index contributed by atoms with van der Waals surface area (Å²) >= 11 is 1.67. The molecule has 0 aliphatic carbocycles. The van der Waals surface area contributed by atoms with Crippen molar-refractivity contribution < 1.29 is 29.3 Å². The lowest BCUT2D eigenvalue weighted by Gasteiger charge is -2.36. The second-order valence-corrected chi connectivity index (χ2v) is 12.9. The molecule has 1 fully saturated rings. The predicted octanol–water partition coefficient (Wildman–Crippen LogP) is 6.96. The van der Waals surface area contributed by atoms with E-state index in [2.05, 4.69) is 34.6 Å². The molecule has 5 rings (SSSR count). The van der Waals surface area contributed by atoms with Crippen molar-refractivity contribution in [2.75, 3.05) is 5.75 Å². The van der Waals surface area contributed by atoms with Crippen LogP contribution in [0.1, 0.15) is 79.6 Å². The van der Waals surface area contributed by atoms with Gasteiger partial charge in [-0.2, -0.15) is 0 Å². The van der Waals surface area contributed by atoms with Crippen LogP contribution in [-0.2, 0) is 39.3 Å². The molecule has 47 heavy (non-hydrogen) atoms. The number of aromatic nitrogens is 2. The van der Waals surface area contributed by atoms with E-state index in [1.807, 2.05) is 66.3 Å². The Balaban J connectivity index is 1.20. The zero-order valence-electron chi connectivity index (χ0n) is 26.7. The van der Waals surface area contributed by atoms with Crippen molar-refractivity contribution in [1.82, 2.24) is 14.9 Å². The maximum atomic E-state index is 12.3. The Morgan fingerprint density at radius 1 is 0.915 bits per heavy atom. The van der Waals surface area contributed by atoms with Crippen molar-refractivity contribution in [2.24, 2.45) is 7.05 Å². The van der Waals surface area contributed by atoms with E-state index in [0.717, 1.165) is 63.6 Å². The van der Waals surface area contributed by atoms with Gasteiger partial charge in [-0.25, -0.2) is 4.98 Å². The zero-order valence-corrected chi connectivity index (χ0v) is 27.5. The van der Waals surface area contributed by atoms with E-state index < -0.39 is 12.3 Å². The van der Waals surface area contributed by atoms with Gasteiger partial charge >= 0.3 is 5.97 Å². The summed E-state index contributed by atoms with van der Waals surface area (Å²) in [5, 5.41) is 22.2. The molecule has 0 bridgehead atoms. The number of hydrogen-bond donors (Lipinski definition) is 3. The molecule has 248 valence electrons. The average molecular weight is 658 g/mol. The highest BCUT2D eigenvalue weighted by Gasteiger charge is 2.32. The Bertz CT molecular complexity index is 1590. The van der Waals surface area contributed by atoms with Crippen LogP contribution in [0.25, 0.3) is 11.1 Å². The number of carbonyl (C=O) groups excluding carboxylic acids is 1. The van der Waals surface area contributed by atoms with Gasteiger partial charge in [0.2, 0.25) is 5.91 Å². The first-order valence-corrected chi connectivity index (χ1v) is 17.1. The summed E-state index contributed by atoms with van der Waals surface area (Å²) < 4.78 is 15.0. The Labute approximate surface area is 280 Å². The number of aryl methyl sites for hydroxylation is 1. The van der Waals surface area contributed by atoms with Crippen LogP contribution in [0.15, 0.2) is 90.3 Å². The number of aliphatic hydroxyl groups excluding tert-OH is 1. The Kier molecular flexibility index (Phi) is 12.6. The molecule has 1 aliphatic rings. The number of amides is 1. The Hall–Kier alpha value is -3.96. The third kappa shape index (κ3) is 10.3. The normalized spacial score (nSPS) is 17.8. The molecule has 9 nitrogen and oxygen atoms in total. The number of nitrogens with zero attached hydrogens (tertiary/aromatic N) is 2. The minimum atomic E-state index is -0.773. The predicted molar refractivity (Wildman–Crippen MR) is 181 cm³/mol. The lowest BCUT2D eigenvalue weighted by molar-refractivity contribution is -0.245. The van der Waals surface area contributed by atoms with Gasteiger partial charge < -0.3 is 29.6 Å². The van der Waals surface area contributed by atoms with Gasteiger partial charge in [-0.05, 0) is 46.7 Å². The monoisotopic (exact) mass is 657 g/mol. The number of hydrogen-bond acceptors (Lipinski definition) is 7. The number of carboxylic acids is 1.